The number of Topliss-reactive ketones (excluding diaryl/α,β-unsaturated/α-hetero) is 1. The number of amides is 5. The van der Waals surface area contributed by atoms with Gasteiger partial charge in [-0.2, -0.15) is 0 Å². The van der Waals surface area contributed by atoms with Gasteiger partial charge in [-0.3, -0.25) is 29.1 Å². The molecule has 3 saturated heterocycles. The number of benzene rings is 4. The van der Waals surface area contributed by atoms with Crippen LogP contribution in [0.1, 0.15) is 49.7 Å². The summed E-state index contributed by atoms with van der Waals surface area (Å²) in [7, 11) is 0. The third-order valence-corrected chi connectivity index (χ3v) is 11.0. The number of anilines is 1. The Hall–Kier alpha value is -6.01. The van der Waals surface area contributed by atoms with Crippen molar-refractivity contribution in [3.63, 3.8) is 0 Å². The molecular weight excluding hydrogens is 721 g/mol. The molecule has 0 aromatic heterocycles. The number of piperidine rings is 1. The van der Waals surface area contributed by atoms with E-state index in [1.807, 2.05) is 66.7 Å². The summed E-state index contributed by atoms with van der Waals surface area (Å²) in [6, 6.07) is 32.6. The molecule has 3 N–H and O–H groups in total. The van der Waals surface area contributed by atoms with Crippen LogP contribution >= 0.6 is 0 Å². The number of fused-ring (bicyclic) bond motifs is 1. The predicted molar refractivity (Wildman–Crippen MR) is 216 cm³/mol. The highest BCUT2D eigenvalue weighted by molar-refractivity contribution is 5.98. The number of ether oxygens (including phenoxy) is 1. The van der Waals surface area contributed by atoms with E-state index in [-0.39, 0.29) is 37.6 Å². The van der Waals surface area contributed by atoms with Crippen LogP contribution in [0.2, 0.25) is 0 Å². The second kappa shape index (κ2) is 18.8. The van der Waals surface area contributed by atoms with Crippen molar-refractivity contribution in [1.82, 2.24) is 25.6 Å². The van der Waals surface area contributed by atoms with Gasteiger partial charge in [-0.1, -0.05) is 78.9 Å². The number of nitrogens with one attached hydrogen (secondary N) is 3. The van der Waals surface area contributed by atoms with Gasteiger partial charge in [-0.25, -0.2) is 9.80 Å². The number of urea groups is 1. The van der Waals surface area contributed by atoms with Crippen molar-refractivity contribution in [2.45, 2.75) is 69.5 Å². The normalized spacial score (nSPS) is 19.5. The molecule has 7 rings (SSSR count). The molecule has 0 unspecified atom stereocenters. The fraction of sp³-hybridized carbons (Fsp3) is 0.356. The molecule has 5 amide bonds. The molecule has 0 bridgehead atoms. The highest BCUT2D eigenvalue weighted by atomic mass is 16.5. The lowest BCUT2D eigenvalue weighted by Crippen LogP contribution is -2.65. The Morgan fingerprint density at radius 1 is 0.719 bits per heavy atom. The van der Waals surface area contributed by atoms with Gasteiger partial charge in [0.1, 0.15) is 23.6 Å². The van der Waals surface area contributed by atoms with E-state index >= 15 is 0 Å². The quantitative estimate of drug-likeness (QED) is 0.157. The maximum absolute atomic E-state index is 14.2. The summed E-state index contributed by atoms with van der Waals surface area (Å²) in [5, 5.41) is 11.1. The average Bonchev–Trinajstić information content (AvgIpc) is 3.35. The van der Waals surface area contributed by atoms with Crippen LogP contribution in [0, 0.1) is 5.92 Å². The summed E-state index contributed by atoms with van der Waals surface area (Å²) < 4.78 is 5.83. The van der Waals surface area contributed by atoms with Gasteiger partial charge in [-0.05, 0) is 111 Å². The molecule has 3 aliphatic rings. The number of hydrogen-bond acceptors (Lipinski definition) is 7. The number of hydrazine groups is 1. The third kappa shape index (κ3) is 10.4. The lowest BCUT2D eigenvalue weighted by molar-refractivity contribution is -0.176. The van der Waals surface area contributed by atoms with Gasteiger partial charge in [-0.15, -0.1) is 0 Å². The molecule has 12 heteroatoms. The van der Waals surface area contributed by atoms with E-state index < -0.39 is 36.0 Å². The molecule has 0 spiro atoms. The molecule has 4 aromatic rings. The van der Waals surface area contributed by atoms with Crippen molar-refractivity contribution in [3.05, 3.63) is 126 Å². The van der Waals surface area contributed by atoms with E-state index in [2.05, 4.69) is 45.1 Å². The van der Waals surface area contributed by atoms with Gasteiger partial charge in [0.25, 0.3) is 5.91 Å². The highest BCUT2D eigenvalue weighted by Crippen LogP contribution is 2.27. The number of carbonyl (C=O) groups excluding carboxylic acids is 5. The van der Waals surface area contributed by atoms with E-state index in [0.29, 0.717) is 42.4 Å². The zero-order valence-electron chi connectivity index (χ0n) is 32.1. The smallest absolute Gasteiger partial charge is 0.319 e. The summed E-state index contributed by atoms with van der Waals surface area (Å²) in [6.45, 7) is 2.08. The Balaban J connectivity index is 0.991. The summed E-state index contributed by atoms with van der Waals surface area (Å²) >= 11 is 0. The first-order chi connectivity index (χ1) is 27.8. The van der Waals surface area contributed by atoms with Crippen LogP contribution < -0.4 is 20.7 Å². The number of para-hydroxylation sites is 1. The number of rotatable bonds is 13. The van der Waals surface area contributed by atoms with Crippen molar-refractivity contribution in [2.75, 3.05) is 31.5 Å². The van der Waals surface area contributed by atoms with Crippen molar-refractivity contribution < 1.29 is 28.7 Å². The monoisotopic (exact) mass is 770 g/mol. The molecule has 0 saturated carbocycles. The maximum atomic E-state index is 14.2. The van der Waals surface area contributed by atoms with Crippen LogP contribution in [0.4, 0.5) is 10.5 Å². The average molecular weight is 771 g/mol. The molecule has 3 fully saturated rings. The summed E-state index contributed by atoms with van der Waals surface area (Å²) in [5.74, 6) is 0.373. The number of carbonyl (C=O) groups is 5. The number of nitrogens with zero attached hydrogens (tertiary/aromatic N) is 3. The molecule has 12 nitrogen and oxygen atoms in total. The lowest BCUT2D eigenvalue weighted by Gasteiger charge is -2.43. The largest absolute Gasteiger partial charge is 0.457 e. The Morgan fingerprint density at radius 2 is 1.35 bits per heavy atom. The highest BCUT2D eigenvalue weighted by Gasteiger charge is 2.45. The van der Waals surface area contributed by atoms with Crippen molar-refractivity contribution in [1.29, 1.82) is 0 Å². The molecule has 3 atom stereocenters. The summed E-state index contributed by atoms with van der Waals surface area (Å²) in [5.41, 5.74) is 2.70. The Kier molecular flexibility index (Phi) is 12.9. The van der Waals surface area contributed by atoms with Gasteiger partial charge in [0.15, 0.2) is 5.78 Å². The molecule has 3 heterocycles. The first kappa shape index (κ1) is 39.2. The Morgan fingerprint density at radius 3 is 2.04 bits per heavy atom. The van der Waals surface area contributed by atoms with Crippen LogP contribution in [-0.2, 0) is 32.0 Å². The molecule has 0 radical (unpaired) electrons. The molecule has 296 valence electrons. The van der Waals surface area contributed by atoms with Gasteiger partial charge in [0.2, 0.25) is 11.8 Å². The zero-order valence-corrected chi connectivity index (χ0v) is 32.1. The van der Waals surface area contributed by atoms with E-state index in [4.69, 9.17) is 4.74 Å². The van der Waals surface area contributed by atoms with Crippen LogP contribution in [0.5, 0.6) is 11.5 Å². The second-order valence-electron chi connectivity index (χ2n) is 15.1. The zero-order chi connectivity index (χ0) is 39.6. The number of hydrogen-bond donors (Lipinski definition) is 3. The first-order valence-electron chi connectivity index (χ1n) is 20.0. The second-order valence-corrected chi connectivity index (χ2v) is 15.1. The minimum absolute atomic E-state index is 0.0181. The number of likely N-dealkylation sites (tertiary alicyclic amines) is 1. The topological polar surface area (TPSA) is 140 Å². The van der Waals surface area contributed by atoms with Crippen LogP contribution in [-0.4, -0.2) is 88.8 Å². The minimum atomic E-state index is -1.06. The third-order valence-electron chi connectivity index (χ3n) is 11.0. The molecule has 57 heavy (non-hydrogen) atoms. The minimum Gasteiger partial charge on any atom is -0.457 e. The van der Waals surface area contributed by atoms with E-state index in [1.165, 1.54) is 15.6 Å². The van der Waals surface area contributed by atoms with Crippen molar-refractivity contribution >= 4 is 35.2 Å². The molecule has 0 aliphatic carbocycles. The molecule has 3 aliphatic heterocycles. The van der Waals surface area contributed by atoms with E-state index in [9.17, 15) is 24.0 Å². The number of ketones is 1. The fourth-order valence-corrected chi connectivity index (χ4v) is 7.95. The summed E-state index contributed by atoms with van der Waals surface area (Å²) in [6.07, 6.45) is 4.20. The first-order valence-corrected chi connectivity index (χ1v) is 20.0. The van der Waals surface area contributed by atoms with Crippen molar-refractivity contribution in [3.8, 4) is 11.5 Å². The lowest BCUT2D eigenvalue weighted by atomic mass is 9.90. The maximum Gasteiger partial charge on any atom is 0.319 e. The standard InChI is InChI=1S/C45H50N6O6/c52-41(31-49-27-24-34(25-28-49)29-32-11-4-1-5-12-32)39(30-33-13-6-2-7-14-33)47-43(54)40-17-10-26-50-42(53)23-22-38(44(55)51(40)50)48-45(56)46-35-18-20-37(21-19-35)57-36-15-8-3-9-16-36/h1-9,11-16,18-21,34,38-40H,10,17,22-31H2,(H,47,54)(H2,46,48,56)/t38-,39-,40-/m0/s1. The van der Waals surface area contributed by atoms with E-state index in [0.717, 1.165) is 37.9 Å². The molecular formula is C45H50N6O6. The van der Waals surface area contributed by atoms with Gasteiger partial charge < -0.3 is 20.7 Å². The van der Waals surface area contributed by atoms with Crippen molar-refractivity contribution in [2.24, 2.45) is 5.92 Å². The van der Waals surface area contributed by atoms with Gasteiger partial charge >= 0.3 is 6.03 Å². The van der Waals surface area contributed by atoms with Gasteiger partial charge in [0.05, 0.1) is 12.6 Å². The Labute approximate surface area is 333 Å². The summed E-state index contributed by atoms with van der Waals surface area (Å²) in [4.78, 5) is 71.1. The van der Waals surface area contributed by atoms with Crippen LogP contribution in [0.3, 0.4) is 0 Å². The fourth-order valence-electron chi connectivity index (χ4n) is 7.95. The van der Waals surface area contributed by atoms with E-state index in [1.54, 1.807) is 24.3 Å². The van der Waals surface area contributed by atoms with Crippen LogP contribution in [0.25, 0.3) is 0 Å². The molecule has 4 aromatic carbocycles. The Bertz CT molecular complexity index is 1990. The van der Waals surface area contributed by atoms with Crippen LogP contribution in [0.15, 0.2) is 115 Å². The van der Waals surface area contributed by atoms with Gasteiger partial charge in [0, 0.05) is 18.7 Å². The SMILES string of the molecule is O=C(Nc1ccc(Oc2ccccc2)cc1)N[C@H]1CCC(=O)N2CCC[C@@H](C(=O)N[C@@H](Cc3ccccc3)C(=O)CN3CCC(Cc4ccccc4)CC3)N2C1=O. The predicted octanol–water partition coefficient (Wildman–Crippen LogP) is 5.75.